The monoisotopic (exact) mass is 267 g/mol. The van der Waals surface area contributed by atoms with E-state index in [1.54, 1.807) is 6.07 Å². The van der Waals surface area contributed by atoms with Gasteiger partial charge in [-0.1, -0.05) is 6.07 Å². The van der Waals surface area contributed by atoms with E-state index in [-0.39, 0.29) is 13.2 Å². The third kappa shape index (κ3) is 4.16. The Morgan fingerprint density at radius 3 is 2.53 bits per heavy atom. The van der Waals surface area contributed by atoms with Crippen LogP contribution in [0.1, 0.15) is 5.56 Å². The quantitative estimate of drug-likeness (QED) is 0.354. The Labute approximate surface area is 108 Å². The standard InChI is InChI=1S/C13H11F2NO3/c1-18-5-6-19-13(17)9(8-16)7-10-11(14)3-2-4-12(10)15/h2-4,7H,5-6H2,1H3/b9-7+. The van der Waals surface area contributed by atoms with Gasteiger partial charge in [0.1, 0.15) is 29.9 Å². The second-order valence-electron chi connectivity index (χ2n) is 3.43. The van der Waals surface area contributed by atoms with Crippen molar-refractivity contribution in [1.29, 1.82) is 5.26 Å². The molecule has 0 aromatic heterocycles. The third-order valence-electron chi connectivity index (χ3n) is 2.15. The molecular weight excluding hydrogens is 256 g/mol. The highest BCUT2D eigenvalue weighted by atomic mass is 19.1. The highest BCUT2D eigenvalue weighted by Crippen LogP contribution is 2.16. The van der Waals surface area contributed by atoms with Crippen LogP contribution >= 0.6 is 0 Å². The van der Waals surface area contributed by atoms with Crippen LogP contribution in [0.4, 0.5) is 8.78 Å². The molecule has 0 aliphatic carbocycles. The minimum Gasteiger partial charge on any atom is -0.459 e. The maximum Gasteiger partial charge on any atom is 0.348 e. The minimum atomic E-state index is -0.956. The Hall–Kier alpha value is -2.26. The highest BCUT2D eigenvalue weighted by Gasteiger charge is 2.14. The van der Waals surface area contributed by atoms with Crippen molar-refractivity contribution in [2.24, 2.45) is 0 Å². The minimum absolute atomic E-state index is 0.0475. The molecule has 0 spiro atoms. The van der Waals surface area contributed by atoms with E-state index in [0.29, 0.717) is 0 Å². The number of rotatable bonds is 5. The largest absolute Gasteiger partial charge is 0.459 e. The molecule has 6 heteroatoms. The zero-order valence-corrected chi connectivity index (χ0v) is 10.2. The van der Waals surface area contributed by atoms with Crippen molar-refractivity contribution in [3.8, 4) is 6.07 Å². The van der Waals surface area contributed by atoms with E-state index in [2.05, 4.69) is 9.47 Å². The van der Waals surface area contributed by atoms with Gasteiger partial charge in [0.2, 0.25) is 0 Å². The molecule has 0 radical (unpaired) electrons. The summed E-state index contributed by atoms with van der Waals surface area (Å²) in [5.74, 6) is -2.68. The van der Waals surface area contributed by atoms with E-state index < -0.39 is 28.7 Å². The van der Waals surface area contributed by atoms with Crippen LogP contribution in [-0.2, 0) is 14.3 Å². The Balaban J connectivity index is 2.94. The van der Waals surface area contributed by atoms with Gasteiger partial charge in [0.25, 0.3) is 0 Å². The number of benzene rings is 1. The van der Waals surface area contributed by atoms with Gasteiger partial charge in [-0.3, -0.25) is 0 Å². The van der Waals surface area contributed by atoms with Crippen LogP contribution in [0.3, 0.4) is 0 Å². The van der Waals surface area contributed by atoms with Crippen molar-refractivity contribution in [3.05, 3.63) is 41.0 Å². The molecule has 0 unspecified atom stereocenters. The summed E-state index contributed by atoms with van der Waals surface area (Å²) < 4.78 is 36.1. The number of carbonyl (C=O) groups excluding carboxylic acids is 1. The molecule has 4 nitrogen and oxygen atoms in total. The van der Waals surface area contributed by atoms with Crippen molar-refractivity contribution in [2.45, 2.75) is 0 Å². The Morgan fingerprint density at radius 1 is 1.37 bits per heavy atom. The fraction of sp³-hybridized carbons (Fsp3) is 0.231. The predicted molar refractivity (Wildman–Crippen MR) is 62.8 cm³/mol. The van der Waals surface area contributed by atoms with Gasteiger partial charge in [0.05, 0.1) is 6.61 Å². The lowest BCUT2D eigenvalue weighted by Crippen LogP contribution is -2.11. The molecule has 19 heavy (non-hydrogen) atoms. The van der Waals surface area contributed by atoms with Crippen molar-refractivity contribution in [2.75, 3.05) is 20.3 Å². The predicted octanol–water partition coefficient (Wildman–Crippen LogP) is 2.06. The number of hydrogen-bond acceptors (Lipinski definition) is 4. The number of carbonyl (C=O) groups is 1. The average Bonchev–Trinajstić information content (AvgIpc) is 2.38. The molecule has 0 atom stereocenters. The molecule has 0 fully saturated rings. The first-order chi connectivity index (χ1) is 9.10. The van der Waals surface area contributed by atoms with E-state index >= 15 is 0 Å². The van der Waals surface area contributed by atoms with Gasteiger partial charge >= 0.3 is 5.97 Å². The Kier molecular flexibility index (Phi) is 5.64. The second kappa shape index (κ2) is 7.24. The van der Waals surface area contributed by atoms with Gasteiger partial charge in [0, 0.05) is 12.7 Å². The lowest BCUT2D eigenvalue weighted by Gasteiger charge is -2.03. The first-order valence-corrected chi connectivity index (χ1v) is 5.32. The molecule has 0 saturated heterocycles. The number of hydrogen-bond donors (Lipinski definition) is 0. The van der Waals surface area contributed by atoms with Crippen LogP contribution < -0.4 is 0 Å². The van der Waals surface area contributed by atoms with Gasteiger partial charge < -0.3 is 9.47 Å². The van der Waals surface area contributed by atoms with Crippen molar-refractivity contribution < 1.29 is 23.0 Å². The first kappa shape index (κ1) is 14.8. The molecule has 1 aromatic rings. The summed E-state index contributed by atoms with van der Waals surface area (Å²) in [4.78, 5) is 11.5. The number of ether oxygens (including phenoxy) is 2. The van der Waals surface area contributed by atoms with Crippen molar-refractivity contribution in [1.82, 2.24) is 0 Å². The van der Waals surface area contributed by atoms with Crippen LogP contribution in [0.25, 0.3) is 6.08 Å². The molecule has 0 saturated carbocycles. The molecule has 0 heterocycles. The second-order valence-corrected chi connectivity index (χ2v) is 3.43. The van der Waals surface area contributed by atoms with Gasteiger partial charge in [-0.25, -0.2) is 13.6 Å². The van der Waals surface area contributed by atoms with Crippen LogP contribution in [0.15, 0.2) is 23.8 Å². The van der Waals surface area contributed by atoms with E-state index in [0.717, 1.165) is 18.2 Å². The SMILES string of the molecule is COCCOC(=O)/C(C#N)=C/c1c(F)cccc1F. The van der Waals surface area contributed by atoms with Gasteiger partial charge in [0.15, 0.2) is 0 Å². The maximum atomic E-state index is 13.4. The smallest absolute Gasteiger partial charge is 0.348 e. The average molecular weight is 267 g/mol. The molecule has 0 amide bonds. The summed E-state index contributed by atoms with van der Waals surface area (Å²) in [5.41, 5.74) is -0.942. The van der Waals surface area contributed by atoms with Crippen LogP contribution in [0.5, 0.6) is 0 Å². The Bertz CT molecular complexity index is 515. The summed E-state index contributed by atoms with van der Waals surface area (Å²) in [7, 11) is 1.42. The summed E-state index contributed by atoms with van der Waals surface area (Å²) in [6.45, 7) is 0.118. The number of esters is 1. The summed E-state index contributed by atoms with van der Waals surface area (Å²) in [6.07, 6.45) is 0.819. The molecule has 1 aromatic carbocycles. The zero-order valence-electron chi connectivity index (χ0n) is 10.2. The van der Waals surface area contributed by atoms with E-state index in [4.69, 9.17) is 5.26 Å². The molecule has 100 valence electrons. The number of nitrogens with zero attached hydrogens (tertiary/aromatic N) is 1. The number of halogens is 2. The van der Waals surface area contributed by atoms with Crippen LogP contribution in [0.2, 0.25) is 0 Å². The van der Waals surface area contributed by atoms with Gasteiger partial charge in [-0.05, 0) is 18.2 Å². The lowest BCUT2D eigenvalue weighted by molar-refractivity contribution is -0.139. The molecule has 0 N–H and O–H groups in total. The van der Waals surface area contributed by atoms with Crippen molar-refractivity contribution >= 4 is 12.0 Å². The normalized spacial score (nSPS) is 10.9. The topological polar surface area (TPSA) is 59.3 Å². The fourth-order valence-electron chi connectivity index (χ4n) is 1.23. The maximum absolute atomic E-state index is 13.4. The molecule has 0 aliphatic rings. The van der Waals surface area contributed by atoms with Gasteiger partial charge in [-0.2, -0.15) is 5.26 Å². The lowest BCUT2D eigenvalue weighted by atomic mass is 10.1. The van der Waals surface area contributed by atoms with Crippen LogP contribution in [0, 0.1) is 23.0 Å². The van der Waals surface area contributed by atoms with E-state index in [1.807, 2.05) is 0 Å². The molecule has 1 rings (SSSR count). The van der Waals surface area contributed by atoms with Crippen molar-refractivity contribution in [3.63, 3.8) is 0 Å². The highest BCUT2D eigenvalue weighted by molar-refractivity contribution is 5.97. The summed E-state index contributed by atoms with van der Waals surface area (Å²) >= 11 is 0. The van der Waals surface area contributed by atoms with Crippen LogP contribution in [-0.4, -0.2) is 26.3 Å². The number of methoxy groups -OCH3 is 1. The fourth-order valence-corrected chi connectivity index (χ4v) is 1.23. The van der Waals surface area contributed by atoms with E-state index in [9.17, 15) is 13.6 Å². The van der Waals surface area contributed by atoms with Gasteiger partial charge in [-0.15, -0.1) is 0 Å². The third-order valence-corrected chi connectivity index (χ3v) is 2.15. The summed E-state index contributed by atoms with van der Waals surface area (Å²) in [5, 5.41) is 8.80. The summed E-state index contributed by atoms with van der Waals surface area (Å²) in [6, 6.07) is 4.79. The molecule has 0 bridgehead atoms. The molecular formula is C13H11F2NO3. The Morgan fingerprint density at radius 2 is 2.00 bits per heavy atom. The molecule has 0 aliphatic heterocycles. The number of nitriles is 1. The zero-order chi connectivity index (χ0) is 14.3. The first-order valence-electron chi connectivity index (χ1n) is 5.32. The van der Waals surface area contributed by atoms with E-state index in [1.165, 1.54) is 13.2 Å².